The Bertz CT molecular complexity index is 560. The lowest BCUT2D eigenvalue weighted by atomic mass is 10.0. The Morgan fingerprint density at radius 3 is 2.80 bits per heavy atom. The van der Waals surface area contributed by atoms with Gasteiger partial charge in [0.05, 0.1) is 13.2 Å². The minimum Gasteiger partial charge on any atom is -0.497 e. The number of hydrogen-bond donors (Lipinski definition) is 4. The second kappa shape index (κ2) is 8.51. The van der Waals surface area contributed by atoms with Crippen molar-refractivity contribution in [3.05, 3.63) is 29.8 Å². The first-order chi connectivity index (χ1) is 12.2. The summed E-state index contributed by atoms with van der Waals surface area (Å²) in [5, 5.41) is 19.5. The smallest absolute Gasteiger partial charge is 0.407 e. The molecule has 2 heterocycles. The van der Waals surface area contributed by atoms with E-state index in [2.05, 4.69) is 16.0 Å². The molecule has 1 aromatic carbocycles. The molecule has 2 aliphatic rings. The predicted octanol–water partition coefficient (Wildman–Crippen LogP) is 0.275. The third-order valence-electron chi connectivity index (χ3n) is 4.92. The van der Waals surface area contributed by atoms with Gasteiger partial charge in [0.15, 0.2) is 0 Å². The van der Waals surface area contributed by atoms with Gasteiger partial charge in [0.2, 0.25) is 0 Å². The van der Waals surface area contributed by atoms with Gasteiger partial charge in [-0.1, -0.05) is 12.1 Å². The summed E-state index contributed by atoms with van der Waals surface area (Å²) in [7, 11) is 1.63. The summed E-state index contributed by atoms with van der Waals surface area (Å²) in [6, 6.07) is 7.66. The van der Waals surface area contributed by atoms with Crippen LogP contribution < -0.4 is 20.7 Å². The minimum absolute atomic E-state index is 0.109. The molecule has 0 saturated carbocycles. The third kappa shape index (κ3) is 4.84. The van der Waals surface area contributed by atoms with Crippen molar-refractivity contribution in [2.75, 3.05) is 33.3 Å². The van der Waals surface area contributed by atoms with Gasteiger partial charge in [0.1, 0.15) is 18.0 Å². The van der Waals surface area contributed by atoms with Crippen molar-refractivity contribution < 1.29 is 19.4 Å². The van der Waals surface area contributed by atoms with E-state index >= 15 is 0 Å². The van der Waals surface area contributed by atoms with Gasteiger partial charge in [-0.3, -0.25) is 0 Å². The number of rotatable bonds is 6. The maximum atomic E-state index is 12.1. The maximum Gasteiger partial charge on any atom is 0.407 e. The topological polar surface area (TPSA) is 91.8 Å². The lowest BCUT2D eigenvalue weighted by molar-refractivity contribution is 0.0186. The van der Waals surface area contributed by atoms with Crippen molar-refractivity contribution in [3.8, 4) is 5.75 Å². The molecule has 2 saturated heterocycles. The average molecular weight is 349 g/mol. The lowest BCUT2D eigenvalue weighted by Crippen LogP contribution is -2.42. The summed E-state index contributed by atoms with van der Waals surface area (Å²) >= 11 is 0. The molecule has 4 atom stereocenters. The molecular formula is C18H27N3O4. The lowest BCUT2D eigenvalue weighted by Gasteiger charge is -2.22. The molecule has 0 bridgehead atoms. The van der Waals surface area contributed by atoms with E-state index in [0.29, 0.717) is 25.4 Å². The normalized spacial score (nSPS) is 28.7. The summed E-state index contributed by atoms with van der Waals surface area (Å²) in [6.07, 6.45) is 0.0322. The highest BCUT2D eigenvalue weighted by Crippen LogP contribution is 2.19. The van der Waals surface area contributed by atoms with Crippen molar-refractivity contribution in [3.63, 3.8) is 0 Å². The SMILES string of the molecule is COc1ccc(C[C@H]2NC[C@H](O)[C@H]2OC(=O)NC[C@@H]2CCNC2)cc1. The number of hydrogen-bond acceptors (Lipinski definition) is 6. The van der Waals surface area contributed by atoms with E-state index in [1.165, 1.54) is 0 Å². The molecule has 0 spiro atoms. The van der Waals surface area contributed by atoms with Crippen LogP contribution in [0.2, 0.25) is 0 Å². The van der Waals surface area contributed by atoms with Gasteiger partial charge >= 0.3 is 6.09 Å². The number of carbonyl (C=O) groups excluding carboxylic acids is 1. The van der Waals surface area contributed by atoms with Crippen LogP contribution in [0.5, 0.6) is 5.75 Å². The summed E-state index contributed by atoms with van der Waals surface area (Å²) in [5.41, 5.74) is 1.10. The number of methoxy groups -OCH3 is 1. The van der Waals surface area contributed by atoms with Crippen molar-refractivity contribution in [2.24, 2.45) is 5.92 Å². The molecule has 1 aromatic rings. The van der Waals surface area contributed by atoms with E-state index in [-0.39, 0.29) is 6.04 Å². The number of nitrogens with one attached hydrogen (secondary N) is 3. The Kier molecular flexibility index (Phi) is 6.12. The van der Waals surface area contributed by atoms with Crippen LogP contribution in [0.3, 0.4) is 0 Å². The summed E-state index contributed by atoms with van der Waals surface area (Å²) in [4.78, 5) is 12.1. The molecule has 138 valence electrons. The molecule has 0 aromatic heterocycles. The summed E-state index contributed by atoms with van der Waals surface area (Å²) < 4.78 is 10.7. The van der Waals surface area contributed by atoms with Gasteiger partial charge in [0.25, 0.3) is 0 Å². The van der Waals surface area contributed by atoms with E-state index in [1.54, 1.807) is 7.11 Å². The third-order valence-corrected chi connectivity index (χ3v) is 4.92. The molecule has 25 heavy (non-hydrogen) atoms. The Morgan fingerprint density at radius 2 is 2.12 bits per heavy atom. The maximum absolute atomic E-state index is 12.1. The van der Waals surface area contributed by atoms with Crippen LogP contribution in [0, 0.1) is 5.92 Å². The number of alkyl carbamates (subject to hydrolysis) is 1. The Hall–Kier alpha value is -1.83. The zero-order chi connectivity index (χ0) is 17.6. The molecule has 7 nitrogen and oxygen atoms in total. The Morgan fingerprint density at radius 1 is 1.32 bits per heavy atom. The van der Waals surface area contributed by atoms with Gasteiger partial charge < -0.3 is 30.5 Å². The Balaban J connectivity index is 1.51. The standard InChI is InChI=1S/C18H27N3O4/c1-24-14-4-2-12(3-5-14)8-15-17(16(22)11-20-15)25-18(23)21-10-13-6-7-19-9-13/h2-5,13,15-17,19-20,22H,6-11H2,1H3,(H,21,23)/t13-,15-,16+,17+/m1/s1. The molecule has 0 radical (unpaired) electrons. The van der Waals surface area contributed by atoms with Crippen LogP contribution in [0.25, 0.3) is 0 Å². The van der Waals surface area contributed by atoms with E-state index in [4.69, 9.17) is 9.47 Å². The first kappa shape index (κ1) is 18.0. The molecule has 0 aliphatic carbocycles. The molecule has 2 fully saturated rings. The highest BCUT2D eigenvalue weighted by molar-refractivity contribution is 5.67. The average Bonchev–Trinajstić information content (AvgIpc) is 3.26. The number of aliphatic hydroxyl groups is 1. The van der Waals surface area contributed by atoms with Crippen molar-refractivity contribution >= 4 is 6.09 Å². The monoisotopic (exact) mass is 349 g/mol. The van der Waals surface area contributed by atoms with Crippen LogP contribution >= 0.6 is 0 Å². The summed E-state index contributed by atoms with van der Waals surface area (Å²) in [5.74, 6) is 1.26. The van der Waals surface area contributed by atoms with Crippen molar-refractivity contribution in [1.29, 1.82) is 0 Å². The molecule has 0 unspecified atom stereocenters. The summed E-state index contributed by atoms with van der Waals surface area (Å²) in [6.45, 7) is 2.95. The zero-order valence-electron chi connectivity index (χ0n) is 14.5. The van der Waals surface area contributed by atoms with Gasteiger partial charge in [-0.2, -0.15) is 0 Å². The Labute approximate surface area is 148 Å². The number of aliphatic hydroxyl groups excluding tert-OH is 1. The van der Waals surface area contributed by atoms with Gasteiger partial charge in [0, 0.05) is 13.1 Å². The highest BCUT2D eigenvalue weighted by atomic mass is 16.6. The van der Waals surface area contributed by atoms with Crippen LogP contribution in [0.4, 0.5) is 4.79 Å². The molecule has 7 heteroatoms. The van der Waals surface area contributed by atoms with E-state index < -0.39 is 18.3 Å². The predicted molar refractivity (Wildman–Crippen MR) is 93.7 cm³/mol. The molecule has 2 aliphatic heterocycles. The molecule has 4 N–H and O–H groups in total. The van der Waals surface area contributed by atoms with Gasteiger partial charge in [-0.05, 0) is 49.5 Å². The quantitative estimate of drug-likeness (QED) is 0.589. The van der Waals surface area contributed by atoms with E-state index in [1.807, 2.05) is 24.3 Å². The molecule has 3 rings (SSSR count). The molecule has 1 amide bonds. The van der Waals surface area contributed by atoms with Crippen LogP contribution in [0.15, 0.2) is 24.3 Å². The fraction of sp³-hybridized carbons (Fsp3) is 0.611. The van der Waals surface area contributed by atoms with Crippen LogP contribution in [-0.4, -0.2) is 62.7 Å². The van der Waals surface area contributed by atoms with Crippen molar-refractivity contribution in [1.82, 2.24) is 16.0 Å². The first-order valence-corrected chi connectivity index (χ1v) is 8.85. The highest BCUT2D eigenvalue weighted by Gasteiger charge is 2.37. The van der Waals surface area contributed by atoms with Gasteiger partial charge in [-0.25, -0.2) is 4.79 Å². The number of amides is 1. The van der Waals surface area contributed by atoms with E-state index in [0.717, 1.165) is 30.8 Å². The largest absolute Gasteiger partial charge is 0.497 e. The first-order valence-electron chi connectivity index (χ1n) is 8.85. The van der Waals surface area contributed by atoms with Gasteiger partial charge in [-0.15, -0.1) is 0 Å². The number of carbonyl (C=O) groups is 1. The van der Waals surface area contributed by atoms with Crippen LogP contribution in [-0.2, 0) is 11.2 Å². The van der Waals surface area contributed by atoms with Crippen molar-refractivity contribution in [2.45, 2.75) is 31.1 Å². The van der Waals surface area contributed by atoms with E-state index in [9.17, 15) is 9.90 Å². The number of β-amino-alcohol motifs (C(OH)–C–C–N with tert-alkyl or cyclic N) is 1. The fourth-order valence-corrected chi connectivity index (χ4v) is 3.42. The second-order valence-electron chi connectivity index (χ2n) is 6.74. The number of benzene rings is 1. The minimum atomic E-state index is -0.692. The molecular weight excluding hydrogens is 322 g/mol. The van der Waals surface area contributed by atoms with Crippen LogP contribution in [0.1, 0.15) is 12.0 Å². The number of ether oxygens (including phenoxy) is 2. The fourth-order valence-electron chi connectivity index (χ4n) is 3.42. The zero-order valence-corrected chi connectivity index (χ0v) is 14.5. The second-order valence-corrected chi connectivity index (χ2v) is 6.74.